The first-order valence-electron chi connectivity index (χ1n) is 13.1. The topological polar surface area (TPSA) is 90.0 Å². The van der Waals surface area contributed by atoms with Crippen molar-refractivity contribution in [3.05, 3.63) is 36.0 Å². The quantitative estimate of drug-likeness (QED) is 0.318. The zero-order valence-corrected chi connectivity index (χ0v) is 22.2. The third-order valence-electron chi connectivity index (χ3n) is 7.77. The van der Waals surface area contributed by atoms with Crippen molar-refractivity contribution in [2.75, 3.05) is 65.5 Å². The number of carbonyl (C=O) groups excluding carboxylic acids is 1. The van der Waals surface area contributed by atoms with E-state index in [1.807, 2.05) is 17.0 Å². The summed E-state index contributed by atoms with van der Waals surface area (Å²) in [6, 6.07) is 9.35. The number of methoxy groups -OCH3 is 1. The molecule has 3 aliphatic rings. The van der Waals surface area contributed by atoms with Crippen molar-refractivity contribution in [2.45, 2.75) is 44.7 Å². The predicted octanol–water partition coefficient (Wildman–Crippen LogP) is 4.71. The molecule has 3 N–H and O–H groups in total. The third-order valence-corrected chi connectivity index (χ3v) is 8.53. The fourth-order valence-corrected chi connectivity index (χ4v) is 5.72. The number of halogens is 1. The molecule has 2 aliphatic heterocycles. The summed E-state index contributed by atoms with van der Waals surface area (Å²) in [5, 5.41) is 12.2. The van der Waals surface area contributed by atoms with E-state index in [1.165, 1.54) is 37.6 Å². The highest BCUT2D eigenvalue weighted by Crippen LogP contribution is 2.54. The number of nitrogens with zero attached hydrogens (tertiary/aromatic N) is 3. The van der Waals surface area contributed by atoms with Gasteiger partial charge < -0.3 is 29.7 Å². The number of rotatable bonds is 9. The first-order valence-corrected chi connectivity index (χ1v) is 14.1. The number of aliphatic hydroxyl groups is 1. The minimum Gasteiger partial charge on any atom is -0.493 e. The van der Waals surface area contributed by atoms with Crippen molar-refractivity contribution in [2.24, 2.45) is 5.41 Å². The maximum Gasteiger partial charge on any atom is 0.274 e. The van der Waals surface area contributed by atoms with E-state index in [0.717, 1.165) is 30.2 Å². The van der Waals surface area contributed by atoms with E-state index in [4.69, 9.17) is 9.84 Å². The Bertz CT molecular complexity index is 1100. The molecular weight excluding hydrogens is 493 g/mol. The van der Waals surface area contributed by atoms with Crippen LogP contribution >= 0.6 is 11.9 Å². The second kappa shape index (κ2) is 11.3. The van der Waals surface area contributed by atoms with E-state index in [-0.39, 0.29) is 12.5 Å². The Kier molecular flexibility index (Phi) is 7.95. The predicted molar refractivity (Wildman–Crippen MR) is 148 cm³/mol. The van der Waals surface area contributed by atoms with E-state index >= 15 is 0 Å². The Morgan fingerprint density at radius 3 is 2.57 bits per heavy atom. The molecule has 37 heavy (non-hydrogen) atoms. The smallest absolute Gasteiger partial charge is 0.274 e. The molecule has 8 nitrogen and oxygen atoms in total. The molecule has 5 rings (SSSR count). The van der Waals surface area contributed by atoms with Crippen LogP contribution in [0.2, 0.25) is 0 Å². The highest BCUT2D eigenvalue weighted by Gasteiger charge is 2.44. The summed E-state index contributed by atoms with van der Waals surface area (Å²) in [7, 11) is 1.58. The summed E-state index contributed by atoms with van der Waals surface area (Å²) in [4.78, 5) is 22.4. The van der Waals surface area contributed by atoms with Gasteiger partial charge in [0.05, 0.1) is 25.1 Å². The molecule has 200 valence electrons. The lowest BCUT2D eigenvalue weighted by Gasteiger charge is -2.35. The van der Waals surface area contributed by atoms with E-state index in [2.05, 4.69) is 26.0 Å². The minimum atomic E-state index is -0.795. The molecule has 1 spiro atoms. The number of carbonyl (C=O) groups is 1. The lowest BCUT2D eigenvalue weighted by Crippen LogP contribution is -2.35. The summed E-state index contributed by atoms with van der Waals surface area (Å²) in [6.07, 6.45) is 5.11. The van der Waals surface area contributed by atoms with Crippen LogP contribution in [-0.2, 0) is 0 Å². The molecule has 1 aromatic heterocycles. The van der Waals surface area contributed by atoms with Crippen LogP contribution in [0.4, 0.5) is 27.3 Å². The molecule has 10 heteroatoms. The lowest BCUT2D eigenvalue weighted by molar-refractivity contribution is 0.102. The highest BCUT2D eigenvalue weighted by atomic mass is 32.2. The molecule has 1 aliphatic carbocycles. The van der Waals surface area contributed by atoms with Crippen molar-refractivity contribution in [3.8, 4) is 5.75 Å². The van der Waals surface area contributed by atoms with Crippen LogP contribution in [0.25, 0.3) is 0 Å². The first kappa shape index (κ1) is 25.9. The Morgan fingerprint density at radius 1 is 1.14 bits per heavy atom. The average molecular weight is 530 g/mol. The van der Waals surface area contributed by atoms with Gasteiger partial charge in [0.1, 0.15) is 11.9 Å². The van der Waals surface area contributed by atoms with Crippen LogP contribution < -0.4 is 24.6 Å². The number of aliphatic hydroxyl groups excluding tert-OH is 1. The van der Waals surface area contributed by atoms with Gasteiger partial charge >= 0.3 is 0 Å². The second-order valence-corrected chi connectivity index (χ2v) is 11.1. The number of amides is 1. The minimum absolute atomic E-state index is 0.107. The molecular formula is C27H36FN5O3S. The van der Waals surface area contributed by atoms with E-state index in [9.17, 15) is 9.18 Å². The molecule has 1 aromatic carbocycles. The maximum atomic E-state index is 13.7. The van der Waals surface area contributed by atoms with E-state index in [1.54, 1.807) is 19.2 Å². The largest absolute Gasteiger partial charge is 0.493 e. The second-order valence-electron chi connectivity index (χ2n) is 10.2. The number of hydrogen-bond acceptors (Lipinski definition) is 8. The molecule has 1 saturated carbocycles. The van der Waals surface area contributed by atoms with Gasteiger partial charge in [-0.15, -0.1) is 0 Å². The molecule has 2 saturated heterocycles. The van der Waals surface area contributed by atoms with Gasteiger partial charge in [0, 0.05) is 37.6 Å². The molecule has 0 radical (unpaired) electrons. The zero-order chi connectivity index (χ0) is 25.8. The van der Waals surface area contributed by atoms with E-state index in [0.29, 0.717) is 54.4 Å². The lowest BCUT2D eigenvalue weighted by atomic mass is 9.93. The van der Waals surface area contributed by atoms with Crippen molar-refractivity contribution in [1.82, 2.24) is 4.98 Å². The third kappa shape index (κ3) is 6.06. The molecule has 3 fully saturated rings. The van der Waals surface area contributed by atoms with Gasteiger partial charge in [-0.3, -0.25) is 4.79 Å². The number of nitrogens with one attached hydrogen (secondary N) is 2. The summed E-state index contributed by atoms with van der Waals surface area (Å²) in [5.74, 6) is 1.45. The summed E-state index contributed by atoms with van der Waals surface area (Å²) >= 11 is 1.45. The summed E-state index contributed by atoms with van der Waals surface area (Å²) < 4.78 is 22.5. The van der Waals surface area contributed by atoms with Gasteiger partial charge in [0.15, 0.2) is 11.6 Å². The van der Waals surface area contributed by atoms with Gasteiger partial charge in [-0.25, -0.2) is 9.37 Å². The van der Waals surface area contributed by atoms with Crippen molar-refractivity contribution in [3.63, 3.8) is 0 Å². The van der Waals surface area contributed by atoms with Crippen LogP contribution in [0.15, 0.2) is 30.3 Å². The van der Waals surface area contributed by atoms with Crippen molar-refractivity contribution in [1.29, 1.82) is 0 Å². The van der Waals surface area contributed by atoms with Gasteiger partial charge in [-0.1, -0.05) is 11.9 Å². The number of piperidine rings is 2. The van der Waals surface area contributed by atoms with Gasteiger partial charge in [0.2, 0.25) is 0 Å². The average Bonchev–Trinajstić information content (AvgIpc) is 3.68. The van der Waals surface area contributed by atoms with Crippen LogP contribution in [0.1, 0.15) is 49.0 Å². The molecule has 1 amide bonds. The molecule has 3 heterocycles. The highest BCUT2D eigenvalue weighted by molar-refractivity contribution is 8.00. The van der Waals surface area contributed by atoms with E-state index < -0.39 is 6.17 Å². The fraction of sp³-hybridized carbons (Fsp3) is 0.556. The molecule has 0 unspecified atom stereocenters. The number of aromatic nitrogens is 1. The Balaban J connectivity index is 1.36. The van der Waals surface area contributed by atoms with Crippen LogP contribution in [0.3, 0.4) is 0 Å². The van der Waals surface area contributed by atoms with Crippen LogP contribution in [-0.4, -0.2) is 67.8 Å². The molecule has 0 bridgehead atoms. The number of benzene rings is 1. The monoisotopic (exact) mass is 529 g/mol. The Morgan fingerprint density at radius 2 is 1.89 bits per heavy atom. The summed E-state index contributed by atoms with van der Waals surface area (Å²) in [6.45, 7) is 3.12. The summed E-state index contributed by atoms with van der Waals surface area (Å²) in [5.41, 5.74) is 3.50. The number of hydrogen-bond donors (Lipinski definition) is 3. The number of anilines is 4. The number of pyridine rings is 1. The van der Waals surface area contributed by atoms with Crippen molar-refractivity contribution >= 4 is 40.7 Å². The molecule has 2 aromatic rings. The first-order chi connectivity index (χ1) is 18.0. The van der Waals surface area contributed by atoms with Crippen molar-refractivity contribution < 1.29 is 19.0 Å². The standard InChI is InChI=1S/C27H36FN5O3S/c1-36-24-5-4-22(29-25(24)33-12-6-19(28)7-13-33)26(35)30-21-3-2-20(31-37-17-16-34)18-23(21)32-14-10-27(8-9-27)11-15-32/h2-5,18-19,31,34H,6-17H2,1H3,(H,30,35). The normalized spacial score (nSPS) is 19.1. The Hall–Kier alpha value is -2.72. The van der Waals surface area contributed by atoms with Crippen LogP contribution in [0, 0.1) is 5.41 Å². The Labute approximate surface area is 222 Å². The van der Waals surface area contributed by atoms with Gasteiger partial charge in [0.25, 0.3) is 5.91 Å². The maximum absolute atomic E-state index is 13.7. The van der Waals surface area contributed by atoms with Gasteiger partial charge in [-0.2, -0.15) is 0 Å². The SMILES string of the molecule is COc1ccc(C(=O)Nc2ccc(NSCCO)cc2N2CCC3(CC2)CC3)nc1N1CCC(F)CC1. The van der Waals surface area contributed by atoms with Gasteiger partial charge in [-0.05, 0) is 74.3 Å². The number of alkyl halides is 1. The fourth-order valence-electron chi connectivity index (χ4n) is 5.24. The van der Waals surface area contributed by atoms with Crippen LogP contribution in [0.5, 0.6) is 5.75 Å². The number of ether oxygens (including phenoxy) is 1. The molecule has 0 atom stereocenters. The zero-order valence-electron chi connectivity index (χ0n) is 21.3.